The van der Waals surface area contributed by atoms with Crippen molar-refractivity contribution in [3.05, 3.63) is 18.2 Å². The molecule has 1 aromatic heterocycles. The predicted molar refractivity (Wildman–Crippen MR) is 131 cm³/mol. The molecule has 2 aromatic rings. The van der Waals surface area contributed by atoms with E-state index >= 15 is 0 Å². The maximum absolute atomic E-state index is 13.5. The number of benzene rings is 1. The Morgan fingerprint density at radius 2 is 1.84 bits per heavy atom. The molecule has 0 radical (unpaired) electrons. The minimum atomic E-state index is -3.63. The van der Waals surface area contributed by atoms with Crippen molar-refractivity contribution in [1.29, 1.82) is 0 Å². The van der Waals surface area contributed by atoms with E-state index in [0.717, 1.165) is 41.5 Å². The minimum Gasteiger partial charge on any atom is -0.379 e. The molecule has 0 unspecified atom stereocenters. The fourth-order valence-electron chi connectivity index (χ4n) is 4.90. The Morgan fingerprint density at radius 1 is 1.19 bits per heavy atom. The second-order valence-electron chi connectivity index (χ2n) is 10.2. The predicted octanol–water partition coefficient (Wildman–Crippen LogP) is 3.51. The summed E-state index contributed by atoms with van der Waals surface area (Å²) in [5.74, 6) is 1.29. The van der Waals surface area contributed by atoms with Gasteiger partial charge in [-0.05, 0) is 50.3 Å². The lowest BCUT2D eigenvalue weighted by molar-refractivity contribution is 0.0205. The average molecular weight is 481 g/mol. The molecule has 7 nitrogen and oxygen atoms in total. The second kappa shape index (κ2) is 9.18. The number of anilines is 1. The summed E-state index contributed by atoms with van der Waals surface area (Å²) in [6.07, 6.45) is 1.25. The van der Waals surface area contributed by atoms with Crippen molar-refractivity contribution < 1.29 is 13.2 Å². The van der Waals surface area contributed by atoms with Crippen LogP contribution in [0.2, 0.25) is 0 Å². The number of nitrogens with zero attached hydrogens (tertiary/aromatic N) is 4. The highest BCUT2D eigenvalue weighted by atomic mass is 32.2. The van der Waals surface area contributed by atoms with Gasteiger partial charge in [0.2, 0.25) is 10.0 Å². The summed E-state index contributed by atoms with van der Waals surface area (Å²) >= 11 is 1.60. The zero-order chi connectivity index (χ0) is 23.1. The van der Waals surface area contributed by atoms with Crippen LogP contribution in [0.3, 0.4) is 0 Å². The van der Waals surface area contributed by atoms with Crippen LogP contribution in [0.15, 0.2) is 23.1 Å². The highest BCUT2D eigenvalue weighted by Crippen LogP contribution is 2.35. The van der Waals surface area contributed by atoms with Gasteiger partial charge in [-0.2, -0.15) is 4.31 Å². The summed E-state index contributed by atoms with van der Waals surface area (Å²) in [7, 11) is -1.94. The highest BCUT2D eigenvalue weighted by Gasteiger charge is 2.36. The Balaban J connectivity index is 1.56. The molecule has 0 aliphatic carbocycles. The van der Waals surface area contributed by atoms with Crippen molar-refractivity contribution in [2.75, 3.05) is 57.9 Å². The molecule has 9 heteroatoms. The first-order valence-corrected chi connectivity index (χ1v) is 13.8. The summed E-state index contributed by atoms with van der Waals surface area (Å²) in [6, 6.07) is 5.34. The minimum absolute atomic E-state index is 0.332. The molecule has 0 bridgehead atoms. The van der Waals surface area contributed by atoms with Gasteiger partial charge in [0.15, 0.2) is 5.13 Å². The lowest BCUT2D eigenvalue weighted by Crippen LogP contribution is -2.54. The number of sulfonamides is 1. The van der Waals surface area contributed by atoms with Crippen LogP contribution < -0.4 is 4.90 Å². The molecule has 2 aliphatic rings. The SMILES string of the molecule is C[C@@H]1C[C@H](C)CN(c2nc3ccc(S(=O)(=O)N(C)C(C)(C)CN4CCOCC4)cc3s2)C1. The number of morpholine rings is 1. The Kier molecular flexibility index (Phi) is 6.85. The Morgan fingerprint density at radius 3 is 2.50 bits per heavy atom. The third-order valence-electron chi connectivity index (χ3n) is 6.71. The zero-order valence-electron chi connectivity index (χ0n) is 19.9. The number of ether oxygens (including phenoxy) is 1. The van der Waals surface area contributed by atoms with Gasteiger partial charge in [0.1, 0.15) is 0 Å². The van der Waals surface area contributed by atoms with Crippen molar-refractivity contribution in [3.8, 4) is 0 Å². The van der Waals surface area contributed by atoms with Gasteiger partial charge in [0.05, 0.1) is 28.3 Å². The number of thiazole rings is 1. The Labute approximate surface area is 196 Å². The van der Waals surface area contributed by atoms with Gasteiger partial charge in [-0.1, -0.05) is 25.2 Å². The van der Waals surface area contributed by atoms with Crippen molar-refractivity contribution in [2.45, 2.75) is 44.6 Å². The van der Waals surface area contributed by atoms with E-state index < -0.39 is 15.6 Å². The normalized spacial score (nSPS) is 23.9. The van der Waals surface area contributed by atoms with Gasteiger partial charge in [-0.15, -0.1) is 0 Å². The summed E-state index contributed by atoms with van der Waals surface area (Å²) < 4.78 is 34.9. The summed E-state index contributed by atoms with van der Waals surface area (Å²) in [6.45, 7) is 14.3. The lowest BCUT2D eigenvalue weighted by Gasteiger charge is -2.40. The maximum Gasteiger partial charge on any atom is 0.243 e. The molecule has 0 spiro atoms. The second-order valence-corrected chi connectivity index (χ2v) is 13.1. The third kappa shape index (κ3) is 4.97. The van der Waals surface area contributed by atoms with E-state index in [2.05, 4.69) is 23.6 Å². The molecule has 32 heavy (non-hydrogen) atoms. The Hall–Kier alpha value is -1.26. The number of likely N-dealkylation sites (N-methyl/N-ethyl adjacent to an activating group) is 1. The van der Waals surface area contributed by atoms with E-state index in [4.69, 9.17) is 9.72 Å². The first-order valence-electron chi connectivity index (χ1n) is 11.5. The number of aromatic nitrogens is 1. The van der Waals surface area contributed by atoms with Crippen molar-refractivity contribution in [1.82, 2.24) is 14.2 Å². The Bertz CT molecular complexity index is 1040. The fourth-order valence-corrected chi connectivity index (χ4v) is 7.53. The van der Waals surface area contributed by atoms with Crippen LogP contribution in [0.4, 0.5) is 5.13 Å². The van der Waals surface area contributed by atoms with E-state index in [9.17, 15) is 8.42 Å². The van der Waals surface area contributed by atoms with Crippen LogP contribution in [-0.2, 0) is 14.8 Å². The van der Waals surface area contributed by atoms with Crippen molar-refractivity contribution >= 4 is 36.7 Å². The first-order chi connectivity index (χ1) is 15.1. The topological polar surface area (TPSA) is 66.0 Å². The molecular weight excluding hydrogens is 444 g/mol. The molecule has 2 fully saturated rings. The lowest BCUT2D eigenvalue weighted by atomic mass is 9.92. The van der Waals surface area contributed by atoms with Gasteiger partial charge in [0.25, 0.3) is 0 Å². The molecule has 0 amide bonds. The van der Waals surface area contributed by atoms with E-state index in [1.165, 1.54) is 10.7 Å². The monoisotopic (exact) mass is 480 g/mol. The zero-order valence-corrected chi connectivity index (χ0v) is 21.5. The van der Waals surface area contributed by atoms with E-state index in [1.54, 1.807) is 30.5 Å². The number of hydrogen-bond donors (Lipinski definition) is 0. The van der Waals surface area contributed by atoms with Gasteiger partial charge in [-0.3, -0.25) is 4.90 Å². The van der Waals surface area contributed by atoms with Crippen molar-refractivity contribution in [2.24, 2.45) is 11.8 Å². The van der Waals surface area contributed by atoms with Gasteiger partial charge >= 0.3 is 0 Å². The summed E-state index contributed by atoms with van der Waals surface area (Å²) in [4.78, 5) is 9.78. The smallest absolute Gasteiger partial charge is 0.243 e. The molecule has 2 aliphatic heterocycles. The first kappa shape index (κ1) is 23.9. The van der Waals surface area contributed by atoms with Crippen LogP contribution in [0.5, 0.6) is 0 Å². The molecule has 4 rings (SSSR count). The van der Waals surface area contributed by atoms with Crippen LogP contribution >= 0.6 is 11.3 Å². The molecule has 2 atom stereocenters. The number of hydrogen-bond acceptors (Lipinski definition) is 7. The standard InChI is InChI=1S/C23H36N4O3S2/c1-17-12-18(2)15-27(14-17)22-24-20-7-6-19(13-21(20)31-22)32(28,29)25(5)23(3,4)16-26-8-10-30-11-9-26/h6-7,13,17-18H,8-12,14-16H2,1-5H3/t17-,18+. The number of rotatable bonds is 6. The van der Waals surface area contributed by atoms with E-state index in [0.29, 0.717) is 36.5 Å². The van der Waals surface area contributed by atoms with Crippen LogP contribution in [0, 0.1) is 11.8 Å². The van der Waals surface area contributed by atoms with Crippen LogP contribution in [0.1, 0.15) is 34.1 Å². The molecule has 0 saturated carbocycles. The molecule has 3 heterocycles. The van der Waals surface area contributed by atoms with Gasteiger partial charge in [0, 0.05) is 45.3 Å². The molecule has 178 valence electrons. The highest BCUT2D eigenvalue weighted by molar-refractivity contribution is 7.89. The molecular formula is C23H36N4O3S2. The molecule has 0 N–H and O–H groups in total. The van der Waals surface area contributed by atoms with E-state index in [1.807, 2.05) is 19.9 Å². The van der Waals surface area contributed by atoms with Gasteiger partial charge in [-0.25, -0.2) is 13.4 Å². The van der Waals surface area contributed by atoms with Crippen LogP contribution in [0.25, 0.3) is 10.2 Å². The molecule has 1 aromatic carbocycles. The summed E-state index contributed by atoms with van der Waals surface area (Å²) in [5.41, 5.74) is 0.328. The fraction of sp³-hybridized carbons (Fsp3) is 0.696. The van der Waals surface area contributed by atoms with Crippen LogP contribution in [-0.4, -0.2) is 81.1 Å². The quantitative estimate of drug-likeness (QED) is 0.630. The number of fused-ring (bicyclic) bond motifs is 1. The third-order valence-corrected chi connectivity index (χ3v) is 9.86. The maximum atomic E-state index is 13.5. The molecule has 2 saturated heterocycles. The average Bonchev–Trinajstić information content (AvgIpc) is 3.16. The van der Waals surface area contributed by atoms with Gasteiger partial charge < -0.3 is 9.64 Å². The largest absolute Gasteiger partial charge is 0.379 e. The van der Waals surface area contributed by atoms with Crippen molar-refractivity contribution in [3.63, 3.8) is 0 Å². The van der Waals surface area contributed by atoms with E-state index in [-0.39, 0.29) is 0 Å². The number of piperidine rings is 1. The summed E-state index contributed by atoms with van der Waals surface area (Å²) in [5, 5.41) is 0.994.